The van der Waals surface area contributed by atoms with Crippen LogP contribution < -0.4 is 0 Å². The summed E-state index contributed by atoms with van der Waals surface area (Å²) in [6.07, 6.45) is 0. The summed E-state index contributed by atoms with van der Waals surface area (Å²) in [5.41, 5.74) is 9.79. The maximum absolute atomic E-state index is 8.09. The summed E-state index contributed by atoms with van der Waals surface area (Å²) in [5.74, 6) is 0. The molecule has 2 aromatic heterocycles. The van der Waals surface area contributed by atoms with Crippen LogP contribution in [-0.4, -0.2) is 4.57 Å². The van der Waals surface area contributed by atoms with E-state index in [0.29, 0.717) is 5.69 Å². The predicted molar refractivity (Wildman–Crippen MR) is 165 cm³/mol. The van der Waals surface area contributed by atoms with Gasteiger partial charge in [-0.05, 0) is 52.6 Å². The van der Waals surface area contributed by atoms with Gasteiger partial charge in [0.2, 0.25) is 5.69 Å². The maximum atomic E-state index is 8.09. The van der Waals surface area contributed by atoms with E-state index < -0.39 is 0 Å². The van der Waals surface area contributed by atoms with Gasteiger partial charge in [-0.25, -0.2) is 4.85 Å². The topological polar surface area (TPSA) is 22.4 Å². The molecule has 0 saturated carbocycles. The molecule has 0 fully saturated rings. The first-order valence-electron chi connectivity index (χ1n) is 13.3. The van der Waals surface area contributed by atoms with Gasteiger partial charge in [0, 0.05) is 21.5 Å². The first-order chi connectivity index (χ1) is 19.8. The highest BCUT2D eigenvalue weighted by Crippen LogP contribution is 2.42. The van der Waals surface area contributed by atoms with Crippen LogP contribution in [-0.2, 0) is 0 Å². The highest BCUT2D eigenvalue weighted by molar-refractivity contribution is 6.13. The minimum atomic E-state index is 0.623. The molecule has 8 aromatic rings. The molecule has 0 radical (unpaired) electrons. The van der Waals surface area contributed by atoms with Crippen molar-refractivity contribution in [2.24, 2.45) is 0 Å². The number of nitrogens with zero attached hydrogens (tertiary/aromatic N) is 2. The Morgan fingerprint density at radius 3 is 1.85 bits per heavy atom. The summed E-state index contributed by atoms with van der Waals surface area (Å²) in [7, 11) is 0. The molecule has 0 spiro atoms. The van der Waals surface area contributed by atoms with Crippen molar-refractivity contribution < 1.29 is 4.42 Å². The molecule has 3 nitrogen and oxygen atoms in total. The second-order valence-corrected chi connectivity index (χ2v) is 10.0. The number of para-hydroxylation sites is 4. The monoisotopic (exact) mass is 510 g/mol. The molecule has 0 N–H and O–H groups in total. The van der Waals surface area contributed by atoms with Crippen LogP contribution in [0.4, 0.5) is 5.69 Å². The lowest BCUT2D eigenvalue weighted by Gasteiger charge is -2.17. The number of hydrogen-bond donors (Lipinski definition) is 0. The van der Waals surface area contributed by atoms with Crippen molar-refractivity contribution in [1.29, 1.82) is 0 Å². The normalized spacial score (nSPS) is 11.5. The van der Waals surface area contributed by atoms with E-state index in [1.165, 1.54) is 10.8 Å². The molecule has 0 aliphatic carbocycles. The van der Waals surface area contributed by atoms with Crippen LogP contribution in [0.5, 0.6) is 0 Å². The van der Waals surface area contributed by atoms with Crippen LogP contribution in [0.2, 0.25) is 0 Å². The molecule has 0 unspecified atom stereocenters. The van der Waals surface area contributed by atoms with E-state index >= 15 is 0 Å². The number of hydrogen-bond acceptors (Lipinski definition) is 1. The first kappa shape index (κ1) is 22.4. The second kappa shape index (κ2) is 8.73. The molecule has 186 valence electrons. The molecular formula is C37H22N2O. The van der Waals surface area contributed by atoms with Gasteiger partial charge in [-0.1, -0.05) is 103 Å². The van der Waals surface area contributed by atoms with Gasteiger partial charge in [-0.2, -0.15) is 0 Å². The summed E-state index contributed by atoms with van der Waals surface area (Å²) >= 11 is 0. The molecule has 40 heavy (non-hydrogen) atoms. The summed E-state index contributed by atoms with van der Waals surface area (Å²) in [4.78, 5) is 3.99. The van der Waals surface area contributed by atoms with Crippen molar-refractivity contribution in [3.8, 4) is 27.9 Å². The zero-order valence-corrected chi connectivity index (χ0v) is 21.5. The number of aromatic nitrogens is 1. The van der Waals surface area contributed by atoms with Crippen LogP contribution >= 0.6 is 0 Å². The Hall–Kier alpha value is -5.59. The van der Waals surface area contributed by atoms with E-state index in [-0.39, 0.29) is 0 Å². The molecule has 0 saturated heterocycles. The zero-order valence-electron chi connectivity index (χ0n) is 21.5. The third kappa shape index (κ3) is 3.24. The quantitative estimate of drug-likeness (QED) is 0.217. The van der Waals surface area contributed by atoms with E-state index in [2.05, 4.69) is 113 Å². The number of benzene rings is 6. The lowest BCUT2D eigenvalue weighted by atomic mass is 9.95. The van der Waals surface area contributed by atoms with Crippen LogP contribution in [0, 0.1) is 6.57 Å². The Labute approximate surface area is 231 Å². The van der Waals surface area contributed by atoms with Gasteiger partial charge in [0.15, 0.2) is 0 Å². The van der Waals surface area contributed by atoms with Crippen molar-refractivity contribution in [2.45, 2.75) is 0 Å². The van der Waals surface area contributed by atoms with Gasteiger partial charge >= 0.3 is 0 Å². The van der Waals surface area contributed by atoms with E-state index in [1.54, 1.807) is 0 Å². The summed E-state index contributed by atoms with van der Waals surface area (Å²) in [5, 5.41) is 4.58. The van der Waals surface area contributed by atoms with E-state index in [9.17, 15) is 0 Å². The largest absolute Gasteiger partial charge is 0.456 e. The number of furan rings is 1. The minimum absolute atomic E-state index is 0.623. The van der Waals surface area contributed by atoms with Crippen LogP contribution in [0.3, 0.4) is 0 Å². The van der Waals surface area contributed by atoms with E-state index in [0.717, 1.165) is 60.9 Å². The fourth-order valence-corrected chi connectivity index (χ4v) is 6.12. The molecule has 2 heterocycles. The number of fused-ring (bicyclic) bond motifs is 6. The molecule has 0 atom stereocenters. The third-order valence-corrected chi connectivity index (χ3v) is 7.83. The smallest absolute Gasteiger partial charge is 0.211 e. The van der Waals surface area contributed by atoms with Gasteiger partial charge in [0.1, 0.15) is 11.2 Å². The molecule has 0 bridgehead atoms. The van der Waals surface area contributed by atoms with Gasteiger partial charge in [-0.3, -0.25) is 0 Å². The Balaban J connectivity index is 1.41. The molecule has 0 aliphatic rings. The fraction of sp³-hybridized carbons (Fsp3) is 0. The Bertz CT molecular complexity index is 2240. The van der Waals surface area contributed by atoms with Crippen LogP contribution in [0.15, 0.2) is 138 Å². The molecule has 6 aromatic carbocycles. The summed E-state index contributed by atoms with van der Waals surface area (Å²) < 4.78 is 8.43. The van der Waals surface area contributed by atoms with Crippen molar-refractivity contribution in [2.75, 3.05) is 0 Å². The first-order valence-corrected chi connectivity index (χ1v) is 13.3. The van der Waals surface area contributed by atoms with E-state index in [1.807, 2.05) is 30.3 Å². The molecule has 3 heteroatoms. The van der Waals surface area contributed by atoms with Gasteiger partial charge in [0.05, 0.1) is 23.3 Å². The van der Waals surface area contributed by atoms with Crippen LogP contribution in [0.25, 0.3) is 76.5 Å². The average Bonchev–Trinajstić information content (AvgIpc) is 3.56. The molecule has 0 amide bonds. The maximum Gasteiger partial charge on any atom is 0.211 e. The molecule has 8 rings (SSSR count). The third-order valence-electron chi connectivity index (χ3n) is 7.83. The van der Waals surface area contributed by atoms with Crippen molar-refractivity contribution in [3.05, 3.63) is 145 Å². The molecular weight excluding hydrogens is 488 g/mol. The van der Waals surface area contributed by atoms with E-state index in [4.69, 9.17) is 11.0 Å². The number of rotatable bonds is 3. The van der Waals surface area contributed by atoms with Crippen LogP contribution in [0.1, 0.15) is 0 Å². The van der Waals surface area contributed by atoms with Gasteiger partial charge < -0.3 is 8.98 Å². The highest BCUT2D eigenvalue weighted by Gasteiger charge is 2.19. The Morgan fingerprint density at radius 2 is 1.10 bits per heavy atom. The summed E-state index contributed by atoms with van der Waals surface area (Å²) in [6, 6.07) is 46.0. The zero-order chi connectivity index (χ0) is 26.6. The lowest BCUT2D eigenvalue weighted by molar-refractivity contribution is 0.669. The van der Waals surface area contributed by atoms with Crippen molar-refractivity contribution >= 4 is 49.4 Å². The second-order valence-electron chi connectivity index (χ2n) is 10.0. The standard InChI is InChI=1S/C37H22N2O/c1-38-31-18-9-17-27(37(31)39-32-19-5-2-13-28(32)29-14-3-6-20-33(29)39)25-12-8-11-24(23-25)26-16-10-22-35-36(26)30-15-4-7-21-34(30)40-35/h2-23H. The Kier molecular flexibility index (Phi) is 4.89. The van der Waals surface area contributed by atoms with Gasteiger partial charge in [-0.15, -0.1) is 0 Å². The molecule has 0 aliphatic heterocycles. The summed E-state index contributed by atoms with van der Waals surface area (Å²) in [6.45, 7) is 8.09. The predicted octanol–water partition coefficient (Wildman–Crippen LogP) is 10.6. The SMILES string of the molecule is [C-]#[N+]c1cccc(-c2cccc(-c3cccc4oc5ccccc5c34)c2)c1-n1c2ccccc2c2ccccc21. The fourth-order valence-electron chi connectivity index (χ4n) is 6.12. The average molecular weight is 511 g/mol. The highest BCUT2D eigenvalue weighted by atomic mass is 16.3. The lowest BCUT2D eigenvalue weighted by Crippen LogP contribution is -1.98. The Morgan fingerprint density at radius 1 is 0.525 bits per heavy atom. The minimum Gasteiger partial charge on any atom is -0.456 e. The van der Waals surface area contributed by atoms with Crippen molar-refractivity contribution in [3.63, 3.8) is 0 Å². The van der Waals surface area contributed by atoms with Gasteiger partial charge in [0.25, 0.3) is 0 Å². The van der Waals surface area contributed by atoms with Crippen molar-refractivity contribution in [1.82, 2.24) is 4.57 Å².